The van der Waals surface area contributed by atoms with Gasteiger partial charge < -0.3 is 15.4 Å². The Morgan fingerprint density at radius 1 is 1.19 bits per heavy atom. The van der Waals surface area contributed by atoms with Crippen LogP contribution in [0.5, 0.6) is 5.75 Å². The van der Waals surface area contributed by atoms with Gasteiger partial charge in [-0.3, -0.25) is 9.52 Å². The van der Waals surface area contributed by atoms with E-state index in [0.29, 0.717) is 36.1 Å². The normalized spacial score (nSPS) is 14.3. The summed E-state index contributed by atoms with van der Waals surface area (Å²) in [5.74, 6) is 0.822. The summed E-state index contributed by atoms with van der Waals surface area (Å²) in [5, 5.41) is 5.98. The predicted molar refractivity (Wildman–Crippen MR) is 104 cm³/mol. The molecule has 2 aromatic carbocycles. The highest BCUT2D eigenvalue weighted by Gasteiger charge is 2.19. The van der Waals surface area contributed by atoms with E-state index >= 15 is 0 Å². The van der Waals surface area contributed by atoms with Crippen molar-refractivity contribution >= 4 is 21.6 Å². The lowest BCUT2D eigenvalue weighted by molar-refractivity contribution is 0.0942. The maximum Gasteiger partial charge on any atom is 0.261 e. The molecule has 3 rings (SSSR count). The zero-order chi connectivity index (χ0) is 19.3. The van der Waals surface area contributed by atoms with Gasteiger partial charge in [-0.1, -0.05) is 6.07 Å². The number of ether oxygens (including phenoxy) is 1. The Morgan fingerprint density at radius 3 is 2.56 bits per heavy atom. The lowest BCUT2D eigenvalue weighted by Crippen LogP contribution is -2.48. The van der Waals surface area contributed by atoms with Crippen LogP contribution in [0.1, 0.15) is 17.3 Å². The second-order valence-electron chi connectivity index (χ2n) is 6.33. The number of anilines is 1. The van der Waals surface area contributed by atoms with Crippen LogP contribution < -0.4 is 20.1 Å². The van der Waals surface area contributed by atoms with Gasteiger partial charge in [0.1, 0.15) is 5.75 Å². The Hall–Kier alpha value is -2.58. The molecule has 1 aliphatic heterocycles. The number of nitrogens with one attached hydrogen (secondary N) is 3. The summed E-state index contributed by atoms with van der Waals surface area (Å²) < 4.78 is 33.1. The largest absolute Gasteiger partial charge is 0.494 e. The van der Waals surface area contributed by atoms with Crippen LogP contribution in [-0.2, 0) is 10.0 Å². The first kappa shape index (κ1) is 19.2. The molecule has 0 radical (unpaired) electrons. The quantitative estimate of drug-likeness (QED) is 0.640. The lowest BCUT2D eigenvalue weighted by atomic mass is 10.0. The van der Waals surface area contributed by atoms with Gasteiger partial charge in [-0.15, -0.1) is 0 Å². The fourth-order valence-electron chi connectivity index (χ4n) is 2.64. The molecule has 1 saturated heterocycles. The van der Waals surface area contributed by atoms with Gasteiger partial charge in [0.15, 0.2) is 0 Å². The molecule has 8 heteroatoms. The molecule has 1 amide bonds. The number of hydrogen-bond acceptors (Lipinski definition) is 5. The number of carbonyl (C=O) groups is 1. The van der Waals surface area contributed by atoms with E-state index in [-0.39, 0.29) is 10.8 Å². The molecule has 0 atom stereocenters. The Bertz CT molecular complexity index is 893. The first-order valence-electron chi connectivity index (χ1n) is 8.82. The van der Waals surface area contributed by atoms with Gasteiger partial charge in [-0.2, -0.15) is 0 Å². The van der Waals surface area contributed by atoms with Gasteiger partial charge in [0.05, 0.1) is 11.5 Å². The van der Waals surface area contributed by atoms with Crippen LogP contribution in [-0.4, -0.2) is 40.6 Å². The summed E-state index contributed by atoms with van der Waals surface area (Å²) >= 11 is 0. The molecule has 7 nitrogen and oxygen atoms in total. The first-order valence-corrected chi connectivity index (χ1v) is 10.3. The average molecular weight is 389 g/mol. The topological polar surface area (TPSA) is 96.5 Å². The molecule has 3 N–H and O–H groups in total. The summed E-state index contributed by atoms with van der Waals surface area (Å²) in [4.78, 5) is 12.3. The molecular formula is C19H23N3O4S. The van der Waals surface area contributed by atoms with Crippen LogP contribution >= 0.6 is 0 Å². The summed E-state index contributed by atoms with van der Waals surface area (Å²) in [7, 11) is -3.80. The average Bonchev–Trinajstić information content (AvgIpc) is 2.62. The standard InChI is InChI=1S/C19H23N3O4S/c1-2-26-17-8-6-16(7-9-17)22-27(24,25)18-5-3-4-15(10-18)19(23)21-13-14-11-20-12-14/h3-10,14,20,22H,2,11-13H2,1H3,(H,21,23). The summed E-state index contributed by atoms with van der Waals surface area (Å²) in [6.07, 6.45) is 0. The van der Waals surface area contributed by atoms with Crippen LogP contribution in [0.25, 0.3) is 0 Å². The van der Waals surface area contributed by atoms with Crippen molar-refractivity contribution in [2.45, 2.75) is 11.8 Å². The summed E-state index contributed by atoms with van der Waals surface area (Å²) in [6.45, 7) is 4.77. The van der Waals surface area contributed by atoms with Crippen molar-refractivity contribution in [1.29, 1.82) is 0 Å². The molecular weight excluding hydrogens is 366 g/mol. The van der Waals surface area contributed by atoms with E-state index in [1.807, 2.05) is 6.92 Å². The SMILES string of the molecule is CCOc1ccc(NS(=O)(=O)c2cccc(C(=O)NCC3CNC3)c2)cc1. The van der Waals surface area contributed by atoms with Crippen molar-refractivity contribution < 1.29 is 17.9 Å². The molecule has 0 aromatic heterocycles. The van der Waals surface area contributed by atoms with E-state index in [9.17, 15) is 13.2 Å². The highest BCUT2D eigenvalue weighted by molar-refractivity contribution is 7.92. The van der Waals surface area contributed by atoms with E-state index in [4.69, 9.17) is 4.74 Å². The molecule has 0 aliphatic carbocycles. The Labute approximate surface area is 159 Å². The molecule has 1 heterocycles. The molecule has 0 spiro atoms. The second kappa shape index (κ2) is 8.41. The number of rotatable bonds is 8. The van der Waals surface area contributed by atoms with Crippen LogP contribution in [0.2, 0.25) is 0 Å². The molecule has 1 aliphatic rings. The van der Waals surface area contributed by atoms with Crippen LogP contribution in [0.15, 0.2) is 53.4 Å². The van der Waals surface area contributed by atoms with Gasteiger partial charge in [0.25, 0.3) is 15.9 Å². The molecule has 27 heavy (non-hydrogen) atoms. The van der Waals surface area contributed by atoms with Gasteiger partial charge >= 0.3 is 0 Å². The Kier molecular flexibility index (Phi) is 5.98. The van der Waals surface area contributed by atoms with E-state index in [1.54, 1.807) is 36.4 Å². The second-order valence-corrected chi connectivity index (χ2v) is 8.01. The third-order valence-electron chi connectivity index (χ3n) is 4.24. The fraction of sp³-hybridized carbons (Fsp3) is 0.316. The minimum Gasteiger partial charge on any atom is -0.494 e. The maximum atomic E-state index is 12.6. The monoisotopic (exact) mass is 389 g/mol. The van der Waals surface area contributed by atoms with Crippen molar-refractivity contribution in [1.82, 2.24) is 10.6 Å². The van der Waals surface area contributed by atoms with Gasteiger partial charge in [-0.25, -0.2) is 8.42 Å². The molecule has 0 unspecified atom stereocenters. The Morgan fingerprint density at radius 2 is 1.93 bits per heavy atom. The minimum absolute atomic E-state index is 0.0364. The van der Waals surface area contributed by atoms with Crippen molar-refractivity contribution in [3.63, 3.8) is 0 Å². The van der Waals surface area contributed by atoms with Gasteiger partial charge in [0.2, 0.25) is 0 Å². The first-order chi connectivity index (χ1) is 13.0. The van der Waals surface area contributed by atoms with E-state index in [2.05, 4.69) is 15.4 Å². The highest BCUT2D eigenvalue weighted by Crippen LogP contribution is 2.20. The fourth-order valence-corrected chi connectivity index (χ4v) is 3.74. The van der Waals surface area contributed by atoms with Crippen molar-refractivity contribution in [2.24, 2.45) is 5.92 Å². The minimum atomic E-state index is -3.80. The highest BCUT2D eigenvalue weighted by atomic mass is 32.2. The van der Waals surface area contributed by atoms with Gasteiger partial charge in [0, 0.05) is 36.8 Å². The number of benzene rings is 2. The molecule has 144 valence electrons. The number of hydrogen-bond donors (Lipinski definition) is 3. The van der Waals surface area contributed by atoms with Crippen molar-refractivity contribution in [2.75, 3.05) is 31.0 Å². The van der Waals surface area contributed by atoms with Crippen LogP contribution in [0.3, 0.4) is 0 Å². The zero-order valence-electron chi connectivity index (χ0n) is 15.1. The molecule has 0 saturated carbocycles. The van der Waals surface area contributed by atoms with Crippen LogP contribution in [0, 0.1) is 5.92 Å². The summed E-state index contributed by atoms with van der Waals surface area (Å²) in [5.41, 5.74) is 0.739. The van der Waals surface area contributed by atoms with Crippen LogP contribution in [0.4, 0.5) is 5.69 Å². The molecule has 1 fully saturated rings. The van der Waals surface area contributed by atoms with Crippen molar-refractivity contribution in [3.8, 4) is 5.75 Å². The third-order valence-corrected chi connectivity index (χ3v) is 5.62. The number of sulfonamides is 1. The smallest absolute Gasteiger partial charge is 0.261 e. The van der Waals surface area contributed by atoms with E-state index in [0.717, 1.165) is 13.1 Å². The number of amides is 1. The zero-order valence-corrected chi connectivity index (χ0v) is 15.9. The van der Waals surface area contributed by atoms with E-state index < -0.39 is 10.0 Å². The molecule has 2 aromatic rings. The molecule has 0 bridgehead atoms. The lowest BCUT2D eigenvalue weighted by Gasteiger charge is -2.27. The Balaban J connectivity index is 1.69. The number of carbonyl (C=O) groups excluding carboxylic acids is 1. The summed E-state index contributed by atoms with van der Waals surface area (Å²) in [6, 6.07) is 12.7. The predicted octanol–water partition coefficient (Wildman–Crippen LogP) is 1.84. The van der Waals surface area contributed by atoms with Crippen molar-refractivity contribution in [3.05, 3.63) is 54.1 Å². The third kappa shape index (κ3) is 4.99. The van der Waals surface area contributed by atoms with E-state index in [1.165, 1.54) is 12.1 Å². The van der Waals surface area contributed by atoms with Gasteiger partial charge in [-0.05, 0) is 49.4 Å². The maximum absolute atomic E-state index is 12.6.